The average molecular weight is 409 g/mol. The van der Waals surface area contributed by atoms with Crippen LogP contribution in [0.4, 0.5) is 10.6 Å². The Kier molecular flexibility index (Phi) is 5.99. The summed E-state index contributed by atoms with van der Waals surface area (Å²) in [7, 11) is 3.83. The summed E-state index contributed by atoms with van der Waals surface area (Å²) >= 11 is 0. The summed E-state index contributed by atoms with van der Waals surface area (Å²) in [5.74, 6) is 0.754. The molecule has 1 aromatic carbocycles. The maximum Gasteiger partial charge on any atom is 0.410 e. The Morgan fingerprint density at radius 2 is 1.80 bits per heavy atom. The number of Topliss-reactive ketones (excluding diaryl/α,β-unsaturated/α-hetero) is 1. The van der Waals surface area contributed by atoms with Crippen molar-refractivity contribution < 1.29 is 19.1 Å². The molecular formula is C23H27N3O4. The number of hydrogen-bond donors (Lipinski definition) is 0. The highest BCUT2D eigenvalue weighted by Gasteiger charge is 2.44. The fraction of sp³-hybridized carbons (Fsp3) is 0.435. The first-order valence-corrected chi connectivity index (χ1v) is 10.3. The van der Waals surface area contributed by atoms with E-state index in [4.69, 9.17) is 9.47 Å². The fourth-order valence-electron chi connectivity index (χ4n) is 4.25. The first kappa shape index (κ1) is 20.3. The van der Waals surface area contributed by atoms with Gasteiger partial charge in [0.1, 0.15) is 12.4 Å². The van der Waals surface area contributed by atoms with Crippen LogP contribution in [0, 0.1) is 5.92 Å². The molecule has 30 heavy (non-hydrogen) atoms. The first-order chi connectivity index (χ1) is 14.5. The molecule has 4 rings (SSSR count). The molecule has 2 aliphatic rings. The number of aromatic nitrogens is 1. The van der Waals surface area contributed by atoms with Gasteiger partial charge in [0.15, 0.2) is 5.78 Å². The third-order valence-corrected chi connectivity index (χ3v) is 5.80. The summed E-state index contributed by atoms with van der Waals surface area (Å²) in [6.45, 7) is 1.10. The molecule has 2 unspecified atom stereocenters. The second-order valence-corrected chi connectivity index (χ2v) is 8.12. The standard InChI is InChI=1S/C23H27N3O4/c1-25(2)21-9-8-17(12-24-21)22(27)18-10-19-14-29-15-20(11-18)26(19)23(28)30-13-16-6-4-3-5-7-16/h3-9,12,18-20H,10-11,13-15H2,1-2H3. The van der Waals surface area contributed by atoms with Crippen molar-refractivity contribution >= 4 is 17.7 Å². The average Bonchev–Trinajstić information content (AvgIpc) is 2.77. The number of pyridine rings is 1. The molecule has 7 nitrogen and oxygen atoms in total. The van der Waals surface area contributed by atoms with E-state index in [2.05, 4.69) is 4.98 Å². The minimum Gasteiger partial charge on any atom is -0.445 e. The van der Waals surface area contributed by atoms with Gasteiger partial charge in [-0.25, -0.2) is 9.78 Å². The van der Waals surface area contributed by atoms with Crippen LogP contribution in [-0.4, -0.2) is 61.2 Å². The second kappa shape index (κ2) is 8.83. The maximum absolute atomic E-state index is 13.1. The number of piperidine rings is 1. The van der Waals surface area contributed by atoms with Crippen LogP contribution in [0.3, 0.4) is 0 Å². The van der Waals surface area contributed by atoms with Crippen LogP contribution in [0.5, 0.6) is 0 Å². The molecule has 2 aliphatic heterocycles. The van der Waals surface area contributed by atoms with Gasteiger partial charge in [-0.1, -0.05) is 30.3 Å². The Balaban J connectivity index is 1.41. The lowest BCUT2D eigenvalue weighted by Crippen LogP contribution is -2.59. The van der Waals surface area contributed by atoms with Crippen molar-refractivity contribution in [1.29, 1.82) is 0 Å². The molecule has 0 aliphatic carbocycles. The van der Waals surface area contributed by atoms with E-state index < -0.39 is 0 Å². The van der Waals surface area contributed by atoms with E-state index in [1.807, 2.05) is 61.5 Å². The van der Waals surface area contributed by atoms with Crippen molar-refractivity contribution in [2.24, 2.45) is 5.92 Å². The highest BCUT2D eigenvalue weighted by molar-refractivity contribution is 5.98. The molecule has 2 bridgehead atoms. The van der Waals surface area contributed by atoms with Gasteiger partial charge in [-0.2, -0.15) is 0 Å². The van der Waals surface area contributed by atoms with Crippen LogP contribution in [0.25, 0.3) is 0 Å². The number of carbonyl (C=O) groups excluding carboxylic acids is 2. The molecule has 0 spiro atoms. The molecule has 0 saturated carbocycles. The Morgan fingerprint density at radius 3 is 2.40 bits per heavy atom. The van der Waals surface area contributed by atoms with E-state index in [-0.39, 0.29) is 36.5 Å². The second-order valence-electron chi connectivity index (χ2n) is 8.12. The van der Waals surface area contributed by atoms with Crippen LogP contribution < -0.4 is 4.90 Å². The SMILES string of the molecule is CN(C)c1ccc(C(=O)C2CC3COCC(C2)N3C(=O)OCc2ccccc2)cn1. The van der Waals surface area contributed by atoms with Gasteiger partial charge in [-0.15, -0.1) is 0 Å². The molecule has 1 amide bonds. The van der Waals surface area contributed by atoms with Gasteiger partial charge in [0.2, 0.25) is 0 Å². The van der Waals surface area contributed by atoms with Gasteiger partial charge < -0.3 is 14.4 Å². The van der Waals surface area contributed by atoms with Crippen LogP contribution in [-0.2, 0) is 16.1 Å². The smallest absolute Gasteiger partial charge is 0.410 e. The van der Waals surface area contributed by atoms with Gasteiger partial charge in [-0.05, 0) is 30.5 Å². The van der Waals surface area contributed by atoms with Crippen LogP contribution in [0.2, 0.25) is 0 Å². The molecule has 7 heteroatoms. The predicted octanol–water partition coefficient (Wildman–Crippen LogP) is 3.15. The number of benzene rings is 1. The highest BCUT2D eigenvalue weighted by Crippen LogP contribution is 2.34. The summed E-state index contributed by atoms with van der Waals surface area (Å²) in [6, 6.07) is 13.0. The lowest BCUT2D eigenvalue weighted by atomic mass is 9.81. The predicted molar refractivity (Wildman–Crippen MR) is 112 cm³/mol. The molecular weight excluding hydrogens is 382 g/mol. The molecule has 2 aromatic rings. The first-order valence-electron chi connectivity index (χ1n) is 10.3. The van der Waals surface area contributed by atoms with E-state index in [0.29, 0.717) is 31.6 Å². The topological polar surface area (TPSA) is 72.0 Å². The van der Waals surface area contributed by atoms with Crippen LogP contribution in [0.15, 0.2) is 48.7 Å². The molecule has 1 aromatic heterocycles. The van der Waals surface area contributed by atoms with Crippen molar-refractivity contribution in [3.63, 3.8) is 0 Å². The Hall–Kier alpha value is -2.93. The molecule has 2 saturated heterocycles. The molecule has 0 radical (unpaired) electrons. The number of carbonyl (C=O) groups is 2. The number of ether oxygens (including phenoxy) is 2. The zero-order valence-electron chi connectivity index (χ0n) is 17.4. The maximum atomic E-state index is 13.1. The lowest BCUT2D eigenvalue weighted by molar-refractivity contribution is -0.0755. The number of anilines is 1. The van der Waals surface area contributed by atoms with Crippen molar-refractivity contribution in [2.45, 2.75) is 31.5 Å². The third-order valence-electron chi connectivity index (χ3n) is 5.80. The zero-order valence-corrected chi connectivity index (χ0v) is 17.4. The summed E-state index contributed by atoms with van der Waals surface area (Å²) in [6.07, 6.45) is 2.46. The van der Waals surface area contributed by atoms with E-state index >= 15 is 0 Å². The number of rotatable bonds is 5. The third kappa shape index (κ3) is 4.31. The Labute approximate surface area is 176 Å². The monoisotopic (exact) mass is 409 g/mol. The van der Waals surface area contributed by atoms with Gasteiger partial charge in [-0.3, -0.25) is 9.69 Å². The largest absolute Gasteiger partial charge is 0.445 e. The van der Waals surface area contributed by atoms with E-state index in [0.717, 1.165) is 11.4 Å². The number of amides is 1. The van der Waals surface area contributed by atoms with Crippen molar-refractivity contribution in [2.75, 3.05) is 32.2 Å². The fourth-order valence-corrected chi connectivity index (χ4v) is 4.25. The minimum atomic E-state index is -0.333. The highest BCUT2D eigenvalue weighted by atomic mass is 16.6. The summed E-state index contributed by atoms with van der Waals surface area (Å²) in [4.78, 5) is 33.9. The molecule has 3 heterocycles. The van der Waals surface area contributed by atoms with Gasteiger partial charge in [0.25, 0.3) is 0 Å². The molecule has 158 valence electrons. The van der Waals surface area contributed by atoms with Crippen LogP contribution in [0.1, 0.15) is 28.8 Å². The van der Waals surface area contributed by atoms with E-state index in [9.17, 15) is 9.59 Å². The number of nitrogens with zero attached hydrogens (tertiary/aromatic N) is 3. The van der Waals surface area contributed by atoms with E-state index in [1.165, 1.54) is 0 Å². The summed E-state index contributed by atoms with van der Waals surface area (Å²) < 4.78 is 11.2. The normalized spacial score (nSPS) is 23.0. The minimum absolute atomic E-state index is 0.0852. The van der Waals surface area contributed by atoms with Gasteiger partial charge in [0.05, 0.1) is 25.3 Å². The lowest BCUT2D eigenvalue weighted by Gasteiger charge is -2.47. The number of fused-ring (bicyclic) bond motifs is 2. The zero-order chi connectivity index (χ0) is 21.1. The van der Waals surface area contributed by atoms with Gasteiger partial charge >= 0.3 is 6.09 Å². The molecule has 2 atom stereocenters. The number of ketones is 1. The molecule has 2 fully saturated rings. The van der Waals surface area contributed by atoms with Crippen LogP contribution >= 0.6 is 0 Å². The van der Waals surface area contributed by atoms with Crippen molar-refractivity contribution in [3.8, 4) is 0 Å². The van der Waals surface area contributed by atoms with E-state index in [1.54, 1.807) is 11.1 Å². The quantitative estimate of drug-likeness (QED) is 0.707. The summed E-state index contributed by atoms with van der Waals surface area (Å²) in [5, 5.41) is 0. The van der Waals surface area contributed by atoms with Crippen molar-refractivity contribution in [3.05, 3.63) is 59.8 Å². The van der Waals surface area contributed by atoms with Crippen molar-refractivity contribution in [1.82, 2.24) is 9.88 Å². The van der Waals surface area contributed by atoms with Gasteiger partial charge in [0, 0.05) is 31.8 Å². The Morgan fingerprint density at radius 1 is 1.10 bits per heavy atom. The summed E-state index contributed by atoms with van der Waals surface area (Å²) in [5.41, 5.74) is 1.57. The molecule has 0 N–H and O–H groups in total. The number of hydrogen-bond acceptors (Lipinski definition) is 6. The number of morpholine rings is 1. The Bertz CT molecular complexity index is 871.